The van der Waals surface area contributed by atoms with Gasteiger partial charge in [-0.05, 0) is 22.3 Å². The second-order valence-electron chi connectivity index (χ2n) is 5.10. The van der Waals surface area contributed by atoms with Gasteiger partial charge in [0.25, 0.3) is 0 Å². The molecule has 0 saturated heterocycles. The summed E-state index contributed by atoms with van der Waals surface area (Å²) in [6, 6.07) is 17.8. The minimum absolute atomic E-state index is 0. The van der Waals surface area contributed by atoms with Gasteiger partial charge in [0.15, 0.2) is 0 Å². The quantitative estimate of drug-likeness (QED) is 0.807. The Morgan fingerprint density at radius 2 is 1.10 bits per heavy atom. The van der Waals surface area contributed by atoms with Crippen molar-refractivity contribution in [1.29, 1.82) is 0 Å². The molecule has 1 nitrogen and oxygen atoms in total. The Labute approximate surface area is 121 Å². The van der Waals surface area contributed by atoms with Crippen molar-refractivity contribution in [3.05, 3.63) is 82.9 Å². The Balaban J connectivity index is 0.00000121. The van der Waals surface area contributed by atoms with Gasteiger partial charge in [-0.25, -0.2) is 0 Å². The summed E-state index contributed by atoms with van der Waals surface area (Å²) in [6.45, 7) is 0. The Morgan fingerprint density at radius 1 is 0.650 bits per heavy atom. The first-order chi connectivity index (χ1) is 9.42. The van der Waals surface area contributed by atoms with Crippen molar-refractivity contribution in [2.75, 3.05) is 0 Å². The zero-order valence-corrected chi connectivity index (χ0v) is 11.2. The van der Waals surface area contributed by atoms with Crippen LogP contribution in [0.25, 0.3) is 12.2 Å². The molecular formula is C18H15BN. The number of fused-ring (bicyclic) bond motifs is 2. The van der Waals surface area contributed by atoms with Crippen LogP contribution in [0.1, 0.15) is 34.3 Å². The average molecular weight is 256 g/mol. The van der Waals surface area contributed by atoms with E-state index < -0.39 is 0 Å². The van der Waals surface area contributed by atoms with Gasteiger partial charge in [0.2, 0.25) is 0 Å². The highest BCUT2D eigenvalue weighted by molar-refractivity contribution is 5.75. The normalized spacial score (nSPS) is 21.4. The average Bonchev–Trinajstić information content (AvgIpc) is 3.05. The minimum Gasteiger partial charge on any atom is -0.296 e. The summed E-state index contributed by atoms with van der Waals surface area (Å²) < 4.78 is 0. The Bertz CT molecular complexity index is 628. The van der Waals surface area contributed by atoms with Crippen LogP contribution in [0.4, 0.5) is 0 Å². The van der Waals surface area contributed by atoms with Crippen LogP contribution in [0.3, 0.4) is 0 Å². The topological polar surface area (TPSA) is 12.0 Å². The molecule has 20 heavy (non-hydrogen) atoms. The van der Waals surface area contributed by atoms with Gasteiger partial charge in [0, 0.05) is 8.41 Å². The Kier molecular flexibility index (Phi) is 3.33. The van der Waals surface area contributed by atoms with Gasteiger partial charge in [-0.2, -0.15) is 0 Å². The van der Waals surface area contributed by atoms with Crippen molar-refractivity contribution < 1.29 is 0 Å². The third-order valence-electron chi connectivity index (χ3n) is 3.96. The smallest absolute Gasteiger partial charge is 0.0522 e. The standard InChI is InChI=1S/C18H15N.B/c1-3-7-15-13(5-1)9-11-17(15)19-18-12-10-14-6-2-4-8-16(14)18;/h1-12,17-19H;. The van der Waals surface area contributed by atoms with Crippen molar-refractivity contribution in [2.24, 2.45) is 0 Å². The molecule has 0 saturated carbocycles. The van der Waals surface area contributed by atoms with Crippen molar-refractivity contribution in [3.8, 4) is 0 Å². The maximum Gasteiger partial charge on any atom is 0.0522 e. The van der Waals surface area contributed by atoms with Crippen molar-refractivity contribution >= 4 is 20.6 Å². The first-order valence-electron chi connectivity index (χ1n) is 6.72. The predicted octanol–water partition coefficient (Wildman–Crippen LogP) is 3.73. The SMILES string of the molecule is C1=CC(NC2C=Cc3ccccc32)c2ccccc21.[B]. The molecule has 2 aromatic rings. The van der Waals surface area contributed by atoms with Gasteiger partial charge < -0.3 is 0 Å². The van der Waals surface area contributed by atoms with Crippen LogP contribution in [0.5, 0.6) is 0 Å². The summed E-state index contributed by atoms with van der Waals surface area (Å²) in [5, 5.41) is 3.72. The molecule has 2 heteroatoms. The maximum atomic E-state index is 3.72. The predicted molar refractivity (Wildman–Crippen MR) is 85.3 cm³/mol. The maximum absolute atomic E-state index is 3.72. The Hall–Kier alpha value is -2.06. The lowest BCUT2D eigenvalue weighted by molar-refractivity contribution is 0.574. The number of nitrogens with one attached hydrogen (secondary N) is 1. The fourth-order valence-electron chi connectivity index (χ4n) is 2.98. The van der Waals surface area contributed by atoms with Gasteiger partial charge >= 0.3 is 0 Å². The zero-order chi connectivity index (χ0) is 12.7. The third kappa shape index (κ3) is 2.02. The molecule has 0 bridgehead atoms. The summed E-state index contributed by atoms with van der Waals surface area (Å²) in [6.07, 6.45) is 8.91. The molecule has 0 spiro atoms. The van der Waals surface area contributed by atoms with Gasteiger partial charge in [-0.3, -0.25) is 5.32 Å². The summed E-state index contributed by atoms with van der Waals surface area (Å²) in [7, 11) is 0. The molecule has 0 aromatic heterocycles. The van der Waals surface area contributed by atoms with E-state index >= 15 is 0 Å². The van der Waals surface area contributed by atoms with Gasteiger partial charge in [-0.15, -0.1) is 0 Å². The van der Waals surface area contributed by atoms with E-state index in [1.165, 1.54) is 22.3 Å². The van der Waals surface area contributed by atoms with Crippen molar-refractivity contribution in [1.82, 2.24) is 5.32 Å². The molecule has 0 fully saturated rings. The van der Waals surface area contributed by atoms with Crippen LogP contribution in [-0.4, -0.2) is 8.41 Å². The highest BCUT2D eigenvalue weighted by atomic mass is 15.0. The molecule has 2 aliphatic rings. The Morgan fingerprint density at radius 3 is 1.60 bits per heavy atom. The number of hydrogen-bond donors (Lipinski definition) is 1. The van der Waals surface area contributed by atoms with Crippen LogP contribution in [0, 0.1) is 0 Å². The highest BCUT2D eigenvalue weighted by Crippen LogP contribution is 2.34. The molecule has 0 amide bonds. The van der Waals surface area contributed by atoms with Crippen molar-refractivity contribution in [3.63, 3.8) is 0 Å². The van der Waals surface area contributed by atoms with E-state index in [0.717, 1.165) is 0 Å². The second-order valence-corrected chi connectivity index (χ2v) is 5.10. The second kappa shape index (κ2) is 5.14. The lowest BCUT2D eigenvalue weighted by Gasteiger charge is -2.19. The van der Waals surface area contributed by atoms with Crippen LogP contribution in [-0.2, 0) is 0 Å². The molecule has 2 aliphatic carbocycles. The monoisotopic (exact) mass is 256 g/mol. The van der Waals surface area contributed by atoms with E-state index in [9.17, 15) is 0 Å². The first kappa shape index (κ1) is 13.0. The molecule has 2 atom stereocenters. The molecule has 2 aromatic carbocycles. The largest absolute Gasteiger partial charge is 0.296 e. The third-order valence-corrected chi connectivity index (χ3v) is 3.96. The highest BCUT2D eigenvalue weighted by Gasteiger charge is 2.22. The van der Waals surface area contributed by atoms with Crippen LogP contribution in [0.15, 0.2) is 60.7 Å². The van der Waals surface area contributed by atoms with E-state index in [0.29, 0.717) is 12.1 Å². The number of benzene rings is 2. The molecule has 0 aliphatic heterocycles. The molecular weight excluding hydrogens is 241 g/mol. The first-order valence-corrected chi connectivity index (χ1v) is 6.72. The number of rotatable bonds is 2. The van der Waals surface area contributed by atoms with E-state index in [-0.39, 0.29) is 8.41 Å². The van der Waals surface area contributed by atoms with E-state index in [1.54, 1.807) is 0 Å². The molecule has 1 N–H and O–H groups in total. The van der Waals surface area contributed by atoms with Crippen LogP contribution < -0.4 is 5.32 Å². The van der Waals surface area contributed by atoms with Crippen LogP contribution >= 0.6 is 0 Å². The van der Waals surface area contributed by atoms with Gasteiger partial charge in [-0.1, -0.05) is 72.8 Å². The van der Waals surface area contributed by atoms with Crippen LogP contribution in [0.2, 0.25) is 0 Å². The summed E-state index contributed by atoms with van der Waals surface area (Å²) in [5.41, 5.74) is 5.41. The fourth-order valence-corrected chi connectivity index (χ4v) is 2.98. The lowest BCUT2D eigenvalue weighted by atomic mass is 10.0. The van der Waals surface area contributed by atoms with E-state index in [4.69, 9.17) is 0 Å². The minimum atomic E-state index is 0. The molecule has 4 rings (SSSR count). The summed E-state index contributed by atoms with van der Waals surface area (Å²) >= 11 is 0. The fraction of sp³-hybridized carbons (Fsp3) is 0.111. The van der Waals surface area contributed by atoms with Gasteiger partial charge in [0.1, 0.15) is 0 Å². The van der Waals surface area contributed by atoms with Gasteiger partial charge in [0.05, 0.1) is 12.1 Å². The lowest BCUT2D eigenvalue weighted by Crippen LogP contribution is -2.22. The number of hydrogen-bond acceptors (Lipinski definition) is 1. The molecule has 95 valence electrons. The summed E-state index contributed by atoms with van der Waals surface area (Å²) in [4.78, 5) is 0. The zero-order valence-electron chi connectivity index (χ0n) is 11.2. The molecule has 2 unspecified atom stereocenters. The van der Waals surface area contributed by atoms with E-state index in [1.807, 2.05) is 0 Å². The summed E-state index contributed by atoms with van der Waals surface area (Å²) in [5.74, 6) is 0. The molecule has 0 heterocycles. The van der Waals surface area contributed by atoms with E-state index in [2.05, 4.69) is 78.2 Å². The van der Waals surface area contributed by atoms with Crippen molar-refractivity contribution in [2.45, 2.75) is 12.1 Å². The molecule has 3 radical (unpaired) electrons.